The molecule has 10 heavy (non-hydrogen) atoms. The Balaban J connectivity index is 4.02. The minimum Gasteiger partial charge on any atom is -0.478 e. The number of alkyl halides is 1. The molecule has 0 bridgehead atoms. The molecule has 58 valence electrons. The van der Waals surface area contributed by atoms with E-state index in [0.29, 0.717) is 0 Å². The van der Waals surface area contributed by atoms with E-state index in [1.807, 2.05) is 0 Å². The van der Waals surface area contributed by atoms with Gasteiger partial charge in [-0.15, -0.1) is 11.6 Å². The number of halogens is 1. The lowest BCUT2D eigenvalue weighted by Crippen LogP contribution is -2.07. The summed E-state index contributed by atoms with van der Waals surface area (Å²) in [5.41, 5.74) is 0.105. The van der Waals surface area contributed by atoms with Gasteiger partial charge in [0.2, 0.25) is 0 Å². The Morgan fingerprint density at radius 1 is 1.80 bits per heavy atom. The molecule has 0 amide bonds. The van der Waals surface area contributed by atoms with Gasteiger partial charge in [-0.2, -0.15) is 0 Å². The van der Waals surface area contributed by atoms with E-state index in [9.17, 15) is 4.79 Å². The maximum atomic E-state index is 10.1. The van der Waals surface area contributed by atoms with Gasteiger partial charge in [0, 0.05) is 5.57 Å². The normalized spacial score (nSPS) is 14.9. The van der Waals surface area contributed by atoms with Crippen molar-refractivity contribution in [3.63, 3.8) is 0 Å². The van der Waals surface area contributed by atoms with E-state index >= 15 is 0 Å². The number of carboxylic acids is 1. The summed E-state index contributed by atoms with van der Waals surface area (Å²) in [5, 5.41) is 17.1. The SMILES string of the molecule is CC(=CC(O)CCl)C(=O)O. The van der Waals surface area contributed by atoms with Crippen LogP contribution in [0.1, 0.15) is 6.92 Å². The van der Waals surface area contributed by atoms with Crippen molar-refractivity contribution in [1.82, 2.24) is 0 Å². The maximum absolute atomic E-state index is 10.1. The Bertz CT molecular complexity index is 153. The number of hydrogen-bond donors (Lipinski definition) is 2. The fourth-order valence-electron chi connectivity index (χ4n) is 0.404. The molecule has 0 heterocycles. The van der Waals surface area contributed by atoms with Crippen LogP contribution >= 0.6 is 11.6 Å². The smallest absolute Gasteiger partial charge is 0.331 e. The molecule has 1 atom stereocenters. The number of hydrogen-bond acceptors (Lipinski definition) is 2. The highest BCUT2D eigenvalue weighted by Crippen LogP contribution is 1.97. The molecule has 0 saturated heterocycles. The van der Waals surface area contributed by atoms with Gasteiger partial charge in [-0.25, -0.2) is 4.79 Å². The van der Waals surface area contributed by atoms with Crippen LogP contribution < -0.4 is 0 Å². The number of aliphatic hydroxyl groups is 1. The largest absolute Gasteiger partial charge is 0.478 e. The van der Waals surface area contributed by atoms with Crippen molar-refractivity contribution < 1.29 is 15.0 Å². The zero-order valence-electron chi connectivity index (χ0n) is 5.54. The number of aliphatic carboxylic acids is 1. The van der Waals surface area contributed by atoms with Crippen LogP contribution in [0.15, 0.2) is 11.6 Å². The van der Waals surface area contributed by atoms with Crippen LogP contribution in [-0.2, 0) is 4.79 Å². The lowest BCUT2D eigenvalue weighted by molar-refractivity contribution is -0.132. The van der Waals surface area contributed by atoms with Crippen LogP contribution in [0.5, 0.6) is 0 Å². The number of carbonyl (C=O) groups is 1. The topological polar surface area (TPSA) is 57.5 Å². The van der Waals surface area contributed by atoms with Gasteiger partial charge < -0.3 is 10.2 Å². The van der Waals surface area contributed by atoms with E-state index in [1.165, 1.54) is 13.0 Å². The van der Waals surface area contributed by atoms with Gasteiger partial charge in [0.05, 0.1) is 12.0 Å². The number of rotatable bonds is 3. The highest BCUT2D eigenvalue weighted by molar-refractivity contribution is 6.18. The van der Waals surface area contributed by atoms with E-state index in [0.717, 1.165) is 0 Å². The van der Waals surface area contributed by atoms with Crippen molar-refractivity contribution in [2.45, 2.75) is 13.0 Å². The lowest BCUT2D eigenvalue weighted by Gasteiger charge is -1.98. The average Bonchev–Trinajstić information content (AvgIpc) is 1.87. The molecule has 0 spiro atoms. The summed E-state index contributed by atoms with van der Waals surface area (Å²) in [7, 11) is 0. The molecule has 0 radical (unpaired) electrons. The second-order valence-corrected chi connectivity index (χ2v) is 2.19. The van der Waals surface area contributed by atoms with Gasteiger partial charge in [0.1, 0.15) is 0 Å². The van der Waals surface area contributed by atoms with Crippen molar-refractivity contribution >= 4 is 17.6 Å². The Kier molecular flexibility index (Phi) is 4.07. The first-order valence-corrected chi connectivity index (χ1v) is 3.27. The summed E-state index contributed by atoms with van der Waals surface area (Å²) in [4.78, 5) is 10.1. The lowest BCUT2D eigenvalue weighted by atomic mass is 10.2. The standard InChI is InChI=1S/C6H9ClO3/c1-4(6(9)10)2-5(8)3-7/h2,5,8H,3H2,1H3,(H,9,10). The van der Waals surface area contributed by atoms with Crippen molar-refractivity contribution in [1.29, 1.82) is 0 Å². The molecule has 0 aromatic heterocycles. The zero-order valence-corrected chi connectivity index (χ0v) is 6.30. The van der Waals surface area contributed by atoms with E-state index in [4.69, 9.17) is 21.8 Å². The van der Waals surface area contributed by atoms with Gasteiger partial charge >= 0.3 is 5.97 Å². The molecule has 0 aromatic rings. The minimum absolute atomic E-state index is 0.0185. The van der Waals surface area contributed by atoms with Crippen molar-refractivity contribution in [2.75, 3.05) is 5.88 Å². The molecule has 1 unspecified atom stereocenters. The van der Waals surface area contributed by atoms with Crippen LogP contribution in [0.3, 0.4) is 0 Å². The molecule has 0 fully saturated rings. The Morgan fingerprint density at radius 3 is 2.60 bits per heavy atom. The predicted molar refractivity (Wildman–Crippen MR) is 38.1 cm³/mol. The second-order valence-electron chi connectivity index (χ2n) is 1.88. The molecule has 0 aliphatic heterocycles. The van der Waals surface area contributed by atoms with Crippen molar-refractivity contribution in [2.24, 2.45) is 0 Å². The summed E-state index contributed by atoms with van der Waals surface area (Å²) in [6.45, 7) is 1.40. The maximum Gasteiger partial charge on any atom is 0.331 e. The quantitative estimate of drug-likeness (QED) is 0.475. The summed E-state index contributed by atoms with van der Waals surface area (Å²) < 4.78 is 0. The summed E-state index contributed by atoms with van der Waals surface area (Å²) in [6.07, 6.45) is 0.341. The highest BCUT2D eigenvalue weighted by atomic mass is 35.5. The fourth-order valence-corrected chi connectivity index (χ4v) is 0.493. The van der Waals surface area contributed by atoms with Crippen LogP contribution in [0.2, 0.25) is 0 Å². The summed E-state index contributed by atoms with van der Waals surface area (Å²) >= 11 is 5.21. The highest BCUT2D eigenvalue weighted by Gasteiger charge is 2.02. The van der Waals surface area contributed by atoms with Crippen molar-refractivity contribution in [3.8, 4) is 0 Å². The third-order valence-electron chi connectivity index (χ3n) is 0.938. The third kappa shape index (κ3) is 3.48. The first-order valence-electron chi connectivity index (χ1n) is 2.73. The van der Waals surface area contributed by atoms with Crippen LogP contribution in [0.4, 0.5) is 0 Å². The zero-order chi connectivity index (χ0) is 8.15. The molecular weight excluding hydrogens is 156 g/mol. The monoisotopic (exact) mass is 164 g/mol. The van der Waals surface area contributed by atoms with E-state index in [-0.39, 0.29) is 11.5 Å². The molecule has 2 N–H and O–H groups in total. The van der Waals surface area contributed by atoms with Crippen LogP contribution in [0.25, 0.3) is 0 Å². The van der Waals surface area contributed by atoms with Gasteiger partial charge in [0.15, 0.2) is 0 Å². The van der Waals surface area contributed by atoms with Crippen molar-refractivity contribution in [3.05, 3.63) is 11.6 Å². The number of aliphatic hydroxyl groups excluding tert-OH is 1. The molecule has 4 heteroatoms. The molecule has 0 aliphatic rings. The minimum atomic E-state index is -1.04. The molecular formula is C6H9ClO3. The van der Waals surface area contributed by atoms with E-state index in [2.05, 4.69) is 0 Å². The van der Waals surface area contributed by atoms with E-state index < -0.39 is 12.1 Å². The first-order chi connectivity index (χ1) is 4.57. The number of carboxylic acid groups (broad SMARTS) is 1. The Morgan fingerprint density at radius 2 is 2.30 bits per heavy atom. The molecule has 0 rings (SSSR count). The molecule has 0 saturated carbocycles. The van der Waals surface area contributed by atoms with E-state index in [1.54, 1.807) is 0 Å². The van der Waals surface area contributed by atoms with Gasteiger partial charge in [0.25, 0.3) is 0 Å². The van der Waals surface area contributed by atoms with Gasteiger partial charge in [-0.05, 0) is 13.0 Å². The molecule has 3 nitrogen and oxygen atoms in total. The average molecular weight is 165 g/mol. The second kappa shape index (κ2) is 4.30. The van der Waals surface area contributed by atoms with Gasteiger partial charge in [-0.3, -0.25) is 0 Å². The fraction of sp³-hybridized carbons (Fsp3) is 0.500. The van der Waals surface area contributed by atoms with Gasteiger partial charge in [-0.1, -0.05) is 0 Å². The predicted octanol–water partition coefficient (Wildman–Crippen LogP) is 0.617. The Labute approximate surface area is 63.9 Å². The van der Waals surface area contributed by atoms with Crippen LogP contribution in [0, 0.1) is 0 Å². The molecule has 0 aliphatic carbocycles. The molecule has 0 aromatic carbocycles. The Hall–Kier alpha value is -0.540. The van der Waals surface area contributed by atoms with Crippen LogP contribution in [-0.4, -0.2) is 28.2 Å². The summed E-state index contributed by atoms with van der Waals surface area (Å²) in [6, 6.07) is 0. The summed E-state index contributed by atoms with van der Waals surface area (Å²) in [5.74, 6) is -1.02. The first kappa shape index (κ1) is 9.46. The third-order valence-corrected chi connectivity index (χ3v) is 1.25.